The quantitative estimate of drug-likeness (QED) is 0.790. The molecule has 0 amide bonds. The zero-order valence-corrected chi connectivity index (χ0v) is 15.7. The standard InChI is InChI=1S/C17H18ClF3N2O2S/c1-23(2)16(12-6-4-3-5-7-12)11-22-26(24,25)13-8-9-15(18)14(10-13)17(19,20)21/h3-10,16,22H,11H2,1-2H3/t16-/m0/s1. The summed E-state index contributed by atoms with van der Waals surface area (Å²) >= 11 is 5.54. The van der Waals surface area contributed by atoms with E-state index in [1.807, 2.05) is 35.2 Å². The topological polar surface area (TPSA) is 49.4 Å². The molecule has 1 N–H and O–H groups in total. The van der Waals surface area contributed by atoms with Crippen LogP contribution in [0.1, 0.15) is 17.2 Å². The summed E-state index contributed by atoms with van der Waals surface area (Å²) in [4.78, 5) is 1.33. The van der Waals surface area contributed by atoms with E-state index in [-0.39, 0.29) is 12.6 Å². The van der Waals surface area contributed by atoms with E-state index in [0.717, 1.165) is 17.7 Å². The molecule has 0 aromatic heterocycles. The molecule has 0 saturated carbocycles. The summed E-state index contributed by atoms with van der Waals surface area (Å²) in [5, 5.41) is -0.549. The molecule has 2 aromatic rings. The molecule has 0 bridgehead atoms. The van der Waals surface area contributed by atoms with Gasteiger partial charge in [-0.05, 0) is 37.9 Å². The maximum atomic E-state index is 13.0. The lowest BCUT2D eigenvalue weighted by molar-refractivity contribution is -0.137. The zero-order valence-electron chi connectivity index (χ0n) is 14.1. The molecule has 142 valence electrons. The van der Waals surface area contributed by atoms with E-state index in [2.05, 4.69) is 4.72 Å². The Labute approximate surface area is 155 Å². The molecule has 0 aliphatic rings. The van der Waals surface area contributed by atoms with E-state index in [1.54, 1.807) is 14.1 Å². The van der Waals surface area contributed by atoms with Crippen molar-refractivity contribution < 1.29 is 21.6 Å². The first-order valence-corrected chi connectivity index (χ1v) is 9.46. The number of rotatable bonds is 6. The number of halogens is 4. The number of benzene rings is 2. The number of likely N-dealkylation sites (N-methyl/N-ethyl adjacent to an activating group) is 1. The van der Waals surface area contributed by atoms with Crippen LogP contribution in [-0.4, -0.2) is 34.0 Å². The molecular weight excluding hydrogens is 389 g/mol. The summed E-state index contributed by atoms with van der Waals surface area (Å²) in [6.07, 6.45) is -4.74. The average Bonchev–Trinajstić information content (AvgIpc) is 2.54. The Morgan fingerprint density at radius 3 is 2.27 bits per heavy atom. The van der Waals surface area contributed by atoms with Crippen molar-refractivity contribution in [3.8, 4) is 0 Å². The van der Waals surface area contributed by atoms with Gasteiger partial charge in [-0.15, -0.1) is 0 Å². The monoisotopic (exact) mass is 406 g/mol. The Morgan fingerprint density at radius 2 is 1.73 bits per heavy atom. The van der Waals surface area contributed by atoms with Gasteiger partial charge in [0.2, 0.25) is 10.0 Å². The highest BCUT2D eigenvalue weighted by atomic mass is 35.5. The number of hydrogen-bond acceptors (Lipinski definition) is 3. The smallest absolute Gasteiger partial charge is 0.301 e. The largest absolute Gasteiger partial charge is 0.417 e. The van der Waals surface area contributed by atoms with Crippen LogP contribution in [0.4, 0.5) is 13.2 Å². The highest BCUT2D eigenvalue weighted by Crippen LogP contribution is 2.35. The second-order valence-electron chi connectivity index (χ2n) is 5.88. The van der Waals surface area contributed by atoms with Gasteiger partial charge in [-0.2, -0.15) is 13.2 Å². The van der Waals surface area contributed by atoms with Gasteiger partial charge in [0.05, 0.1) is 15.5 Å². The third kappa shape index (κ3) is 4.97. The summed E-state index contributed by atoms with van der Waals surface area (Å²) in [6, 6.07) is 11.4. The van der Waals surface area contributed by atoms with Crippen molar-refractivity contribution in [3.05, 3.63) is 64.7 Å². The zero-order chi connectivity index (χ0) is 19.5. The molecule has 2 aromatic carbocycles. The van der Waals surface area contributed by atoms with E-state index >= 15 is 0 Å². The summed E-state index contributed by atoms with van der Waals surface area (Å²) in [7, 11) is -0.556. The molecule has 0 aliphatic heterocycles. The van der Waals surface area contributed by atoms with Crippen molar-refractivity contribution >= 4 is 21.6 Å². The lowest BCUT2D eigenvalue weighted by Crippen LogP contribution is -2.34. The molecule has 0 radical (unpaired) electrons. The van der Waals surface area contributed by atoms with Gasteiger partial charge in [0.1, 0.15) is 0 Å². The lowest BCUT2D eigenvalue weighted by atomic mass is 10.1. The van der Waals surface area contributed by atoms with Crippen molar-refractivity contribution in [2.75, 3.05) is 20.6 Å². The maximum absolute atomic E-state index is 13.0. The normalized spacial score (nSPS) is 13.8. The molecule has 0 heterocycles. The maximum Gasteiger partial charge on any atom is 0.417 e. The second-order valence-corrected chi connectivity index (χ2v) is 8.06. The van der Waals surface area contributed by atoms with Crippen LogP contribution in [0, 0.1) is 0 Å². The third-order valence-corrected chi connectivity index (χ3v) is 5.58. The molecule has 0 fully saturated rings. The third-order valence-electron chi connectivity index (χ3n) is 3.83. The highest BCUT2D eigenvalue weighted by Gasteiger charge is 2.34. The van der Waals surface area contributed by atoms with E-state index in [9.17, 15) is 21.6 Å². The molecule has 2 rings (SSSR count). The Bertz CT molecular complexity index is 856. The summed E-state index contributed by atoms with van der Waals surface area (Å²) in [6.45, 7) is 0.00330. The van der Waals surface area contributed by atoms with Crippen LogP contribution in [0.5, 0.6) is 0 Å². The fourth-order valence-electron chi connectivity index (χ4n) is 2.43. The van der Waals surface area contributed by atoms with Crippen LogP contribution < -0.4 is 4.72 Å². The number of alkyl halides is 3. The van der Waals surface area contributed by atoms with Gasteiger partial charge in [-0.1, -0.05) is 41.9 Å². The number of sulfonamides is 1. The van der Waals surface area contributed by atoms with Crippen LogP contribution in [0.2, 0.25) is 5.02 Å². The first-order valence-electron chi connectivity index (χ1n) is 7.60. The number of nitrogens with zero attached hydrogens (tertiary/aromatic N) is 1. The first-order chi connectivity index (χ1) is 12.0. The summed E-state index contributed by atoms with van der Waals surface area (Å²) in [5.74, 6) is 0. The van der Waals surface area contributed by atoms with Gasteiger partial charge in [-0.25, -0.2) is 13.1 Å². The van der Waals surface area contributed by atoms with Crippen LogP contribution in [-0.2, 0) is 16.2 Å². The van der Waals surface area contributed by atoms with Crippen LogP contribution in [0.15, 0.2) is 53.4 Å². The summed E-state index contributed by atoms with van der Waals surface area (Å²) < 4.78 is 66.1. The van der Waals surface area contributed by atoms with Crippen molar-refractivity contribution in [3.63, 3.8) is 0 Å². The van der Waals surface area contributed by atoms with Gasteiger partial charge in [0, 0.05) is 12.6 Å². The van der Waals surface area contributed by atoms with Gasteiger partial charge in [0.25, 0.3) is 0 Å². The molecule has 1 atom stereocenters. The molecule has 26 heavy (non-hydrogen) atoms. The van der Waals surface area contributed by atoms with Crippen LogP contribution in [0.3, 0.4) is 0 Å². The van der Waals surface area contributed by atoms with Crippen molar-refractivity contribution in [1.82, 2.24) is 9.62 Å². The Morgan fingerprint density at radius 1 is 1.12 bits per heavy atom. The summed E-state index contributed by atoms with van der Waals surface area (Å²) in [5.41, 5.74) is -0.304. The number of hydrogen-bond donors (Lipinski definition) is 1. The predicted molar refractivity (Wildman–Crippen MR) is 94.5 cm³/mol. The minimum Gasteiger partial charge on any atom is -0.301 e. The lowest BCUT2D eigenvalue weighted by Gasteiger charge is -2.25. The van der Waals surface area contributed by atoms with Gasteiger partial charge in [-0.3, -0.25) is 0 Å². The minimum absolute atomic E-state index is 0.00330. The van der Waals surface area contributed by atoms with E-state index in [4.69, 9.17) is 11.6 Å². The van der Waals surface area contributed by atoms with Gasteiger partial charge >= 0.3 is 6.18 Å². The minimum atomic E-state index is -4.74. The Balaban J connectivity index is 2.26. The predicted octanol–water partition coefficient (Wildman–Crippen LogP) is 3.94. The van der Waals surface area contributed by atoms with E-state index < -0.39 is 31.7 Å². The molecule has 0 aliphatic carbocycles. The molecule has 4 nitrogen and oxygen atoms in total. The van der Waals surface area contributed by atoms with E-state index in [1.165, 1.54) is 0 Å². The Kier molecular flexibility index (Phi) is 6.33. The van der Waals surface area contributed by atoms with Crippen molar-refractivity contribution in [1.29, 1.82) is 0 Å². The molecule has 0 saturated heterocycles. The molecule has 0 spiro atoms. The number of nitrogens with one attached hydrogen (secondary N) is 1. The first kappa shape index (κ1) is 20.7. The van der Waals surface area contributed by atoms with Gasteiger partial charge in [0.15, 0.2) is 0 Å². The molecule has 0 unspecified atom stereocenters. The molecule has 9 heteroatoms. The highest BCUT2D eigenvalue weighted by molar-refractivity contribution is 7.89. The van der Waals surface area contributed by atoms with Gasteiger partial charge < -0.3 is 4.90 Å². The van der Waals surface area contributed by atoms with Crippen LogP contribution in [0.25, 0.3) is 0 Å². The van der Waals surface area contributed by atoms with Crippen molar-refractivity contribution in [2.45, 2.75) is 17.1 Å². The van der Waals surface area contributed by atoms with Crippen LogP contribution >= 0.6 is 11.6 Å². The fraction of sp³-hybridized carbons (Fsp3) is 0.294. The SMILES string of the molecule is CN(C)[C@@H](CNS(=O)(=O)c1ccc(Cl)c(C(F)(F)F)c1)c1ccccc1. The van der Waals surface area contributed by atoms with E-state index in [0.29, 0.717) is 6.07 Å². The second kappa shape index (κ2) is 7.96. The van der Waals surface area contributed by atoms with Crippen molar-refractivity contribution in [2.24, 2.45) is 0 Å². The Hall–Kier alpha value is -1.61. The fourth-order valence-corrected chi connectivity index (χ4v) is 3.72. The average molecular weight is 407 g/mol. The molecular formula is C17H18ClF3N2O2S.